The van der Waals surface area contributed by atoms with Gasteiger partial charge in [-0.3, -0.25) is 4.79 Å². The fraction of sp³-hybridized carbons (Fsp3) is 0.611. The lowest BCUT2D eigenvalue weighted by molar-refractivity contribution is -0.119. The van der Waals surface area contributed by atoms with Crippen molar-refractivity contribution in [3.63, 3.8) is 0 Å². The molecule has 1 N–H and O–H groups in total. The Morgan fingerprint density at radius 2 is 1.70 bits per heavy atom. The summed E-state index contributed by atoms with van der Waals surface area (Å²) in [6.07, 6.45) is 9.87. The second-order valence-electron chi connectivity index (χ2n) is 6.48. The summed E-state index contributed by atoms with van der Waals surface area (Å²) in [5.41, 5.74) is 1.35. The van der Waals surface area contributed by atoms with Gasteiger partial charge >= 0.3 is 0 Å². The SMILES string of the molecule is O=C1CC(C2CCCCCC2)C(Cc2ccccc2)N1. The molecule has 1 heterocycles. The highest BCUT2D eigenvalue weighted by Gasteiger charge is 2.37. The normalized spacial score (nSPS) is 28.1. The largest absolute Gasteiger partial charge is 0.353 e. The average molecular weight is 271 g/mol. The van der Waals surface area contributed by atoms with Gasteiger partial charge < -0.3 is 5.32 Å². The lowest BCUT2D eigenvalue weighted by atomic mass is 9.79. The quantitative estimate of drug-likeness (QED) is 0.834. The van der Waals surface area contributed by atoms with Crippen LogP contribution in [0.15, 0.2) is 30.3 Å². The summed E-state index contributed by atoms with van der Waals surface area (Å²) in [5.74, 6) is 1.58. The van der Waals surface area contributed by atoms with Gasteiger partial charge in [-0.05, 0) is 23.8 Å². The lowest BCUT2D eigenvalue weighted by Gasteiger charge is -2.27. The number of nitrogens with one attached hydrogen (secondary N) is 1. The smallest absolute Gasteiger partial charge is 0.220 e. The van der Waals surface area contributed by atoms with Crippen LogP contribution in [0.3, 0.4) is 0 Å². The van der Waals surface area contributed by atoms with Gasteiger partial charge in [0, 0.05) is 12.5 Å². The highest BCUT2D eigenvalue weighted by Crippen LogP contribution is 2.36. The molecule has 2 nitrogen and oxygen atoms in total. The summed E-state index contributed by atoms with van der Waals surface area (Å²) < 4.78 is 0. The molecule has 1 aliphatic carbocycles. The van der Waals surface area contributed by atoms with Crippen LogP contribution >= 0.6 is 0 Å². The van der Waals surface area contributed by atoms with Crippen molar-refractivity contribution in [3.05, 3.63) is 35.9 Å². The van der Waals surface area contributed by atoms with Crippen LogP contribution in [0.2, 0.25) is 0 Å². The Bertz CT molecular complexity index is 434. The Labute approximate surface area is 122 Å². The third kappa shape index (κ3) is 3.23. The maximum atomic E-state index is 11.9. The summed E-state index contributed by atoms with van der Waals surface area (Å²) in [6, 6.07) is 10.9. The van der Waals surface area contributed by atoms with Crippen molar-refractivity contribution in [1.29, 1.82) is 0 Å². The van der Waals surface area contributed by atoms with Crippen molar-refractivity contribution in [2.24, 2.45) is 11.8 Å². The molecular formula is C18H25NO. The molecule has 20 heavy (non-hydrogen) atoms. The Kier molecular flexibility index (Phi) is 4.39. The van der Waals surface area contributed by atoms with E-state index in [4.69, 9.17) is 0 Å². The molecule has 2 heteroatoms. The highest BCUT2D eigenvalue weighted by molar-refractivity contribution is 5.79. The number of rotatable bonds is 3. The van der Waals surface area contributed by atoms with Crippen LogP contribution < -0.4 is 5.32 Å². The Hall–Kier alpha value is -1.31. The van der Waals surface area contributed by atoms with Crippen LogP contribution in [-0.4, -0.2) is 11.9 Å². The number of hydrogen-bond donors (Lipinski definition) is 1. The van der Waals surface area contributed by atoms with Crippen molar-refractivity contribution in [1.82, 2.24) is 5.32 Å². The van der Waals surface area contributed by atoms with Crippen molar-refractivity contribution in [3.8, 4) is 0 Å². The van der Waals surface area contributed by atoms with Gasteiger partial charge in [0.05, 0.1) is 0 Å². The zero-order valence-corrected chi connectivity index (χ0v) is 12.2. The predicted octanol–water partition coefficient (Wildman–Crippen LogP) is 3.70. The van der Waals surface area contributed by atoms with Gasteiger partial charge in [-0.25, -0.2) is 0 Å². The van der Waals surface area contributed by atoms with Gasteiger partial charge in [0.15, 0.2) is 0 Å². The van der Waals surface area contributed by atoms with E-state index >= 15 is 0 Å². The maximum Gasteiger partial charge on any atom is 0.220 e. The van der Waals surface area contributed by atoms with Gasteiger partial charge in [0.2, 0.25) is 5.91 Å². The van der Waals surface area contributed by atoms with Crippen LogP contribution in [0.5, 0.6) is 0 Å². The fourth-order valence-corrected chi connectivity index (χ4v) is 4.03. The molecule has 0 bridgehead atoms. The van der Waals surface area contributed by atoms with Crippen LogP contribution in [0.25, 0.3) is 0 Å². The van der Waals surface area contributed by atoms with Crippen molar-refractivity contribution < 1.29 is 4.79 Å². The molecule has 1 amide bonds. The molecule has 2 aliphatic rings. The second kappa shape index (κ2) is 6.43. The molecule has 0 spiro atoms. The molecule has 1 aliphatic heterocycles. The minimum atomic E-state index is 0.264. The molecule has 1 saturated carbocycles. The number of benzene rings is 1. The summed E-state index contributed by atoms with van der Waals surface area (Å²) >= 11 is 0. The first-order valence-electron chi connectivity index (χ1n) is 8.16. The van der Waals surface area contributed by atoms with E-state index in [0.29, 0.717) is 12.0 Å². The maximum absolute atomic E-state index is 11.9. The van der Waals surface area contributed by atoms with E-state index in [2.05, 4.69) is 35.6 Å². The van der Waals surface area contributed by atoms with Crippen molar-refractivity contribution in [2.75, 3.05) is 0 Å². The molecule has 0 radical (unpaired) electrons. The van der Waals surface area contributed by atoms with E-state index in [9.17, 15) is 4.79 Å². The predicted molar refractivity (Wildman–Crippen MR) is 81.4 cm³/mol. The first-order valence-corrected chi connectivity index (χ1v) is 8.16. The minimum Gasteiger partial charge on any atom is -0.353 e. The monoisotopic (exact) mass is 271 g/mol. The molecule has 1 aromatic rings. The Morgan fingerprint density at radius 1 is 1.00 bits per heavy atom. The zero-order chi connectivity index (χ0) is 13.8. The highest BCUT2D eigenvalue weighted by atomic mass is 16.2. The summed E-state index contributed by atoms with van der Waals surface area (Å²) in [4.78, 5) is 11.9. The molecule has 2 atom stereocenters. The molecular weight excluding hydrogens is 246 g/mol. The van der Waals surface area contributed by atoms with Gasteiger partial charge in [-0.2, -0.15) is 0 Å². The van der Waals surface area contributed by atoms with Crippen LogP contribution in [0.1, 0.15) is 50.5 Å². The van der Waals surface area contributed by atoms with Crippen LogP contribution in [-0.2, 0) is 11.2 Å². The number of carbonyl (C=O) groups is 1. The Balaban J connectivity index is 1.69. The molecule has 1 aromatic carbocycles. The molecule has 108 valence electrons. The summed E-state index contributed by atoms with van der Waals surface area (Å²) in [6.45, 7) is 0. The number of hydrogen-bond acceptors (Lipinski definition) is 1. The third-order valence-electron chi connectivity index (χ3n) is 5.09. The molecule has 1 saturated heterocycles. The summed E-state index contributed by atoms with van der Waals surface area (Å²) in [5, 5.41) is 3.23. The fourth-order valence-electron chi connectivity index (χ4n) is 4.03. The van der Waals surface area contributed by atoms with E-state index in [1.54, 1.807) is 0 Å². The van der Waals surface area contributed by atoms with Crippen LogP contribution in [0, 0.1) is 11.8 Å². The van der Waals surface area contributed by atoms with Gasteiger partial charge in [0.25, 0.3) is 0 Å². The first-order chi connectivity index (χ1) is 9.83. The van der Waals surface area contributed by atoms with E-state index in [1.807, 2.05) is 0 Å². The van der Waals surface area contributed by atoms with E-state index < -0.39 is 0 Å². The zero-order valence-electron chi connectivity index (χ0n) is 12.2. The topological polar surface area (TPSA) is 29.1 Å². The van der Waals surface area contributed by atoms with Crippen molar-refractivity contribution in [2.45, 2.75) is 57.4 Å². The number of amides is 1. The van der Waals surface area contributed by atoms with Gasteiger partial charge in [0.1, 0.15) is 0 Å². The molecule has 3 rings (SSSR count). The second-order valence-corrected chi connectivity index (χ2v) is 6.48. The lowest BCUT2D eigenvalue weighted by Crippen LogP contribution is -2.34. The molecule has 2 unspecified atom stereocenters. The third-order valence-corrected chi connectivity index (χ3v) is 5.09. The van der Waals surface area contributed by atoms with Crippen LogP contribution in [0.4, 0.5) is 0 Å². The van der Waals surface area contributed by atoms with E-state index in [-0.39, 0.29) is 5.91 Å². The first kappa shape index (κ1) is 13.7. The molecule has 0 aromatic heterocycles. The van der Waals surface area contributed by atoms with E-state index in [1.165, 1.54) is 44.1 Å². The molecule has 2 fully saturated rings. The summed E-state index contributed by atoms with van der Waals surface area (Å²) in [7, 11) is 0. The van der Waals surface area contributed by atoms with Gasteiger partial charge in [-0.15, -0.1) is 0 Å². The average Bonchev–Trinajstić information content (AvgIpc) is 2.68. The van der Waals surface area contributed by atoms with E-state index in [0.717, 1.165) is 18.8 Å². The number of carbonyl (C=O) groups excluding carboxylic acids is 1. The van der Waals surface area contributed by atoms with Gasteiger partial charge in [-0.1, -0.05) is 68.9 Å². The minimum absolute atomic E-state index is 0.264. The Morgan fingerprint density at radius 3 is 2.40 bits per heavy atom. The standard InChI is InChI=1S/C18H25NO/c20-18-13-16(15-10-6-1-2-7-11-15)17(19-18)12-14-8-4-3-5-9-14/h3-5,8-9,15-17H,1-2,6-7,10-13H2,(H,19,20). The van der Waals surface area contributed by atoms with Crippen molar-refractivity contribution >= 4 is 5.91 Å².